The van der Waals surface area contributed by atoms with E-state index in [1.807, 2.05) is 60.7 Å². The number of aliphatic carboxylic acids is 1. The molecule has 0 aliphatic carbocycles. The van der Waals surface area contributed by atoms with Crippen LogP contribution in [0.3, 0.4) is 0 Å². The van der Waals surface area contributed by atoms with Gasteiger partial charge in [-0.05, 0) is 52.4 Å². The molecule has 0 atom stereocenters. The van der Waals surface area contributed by atoms with Crippen LogP contribution in [0.5, 0.6) is 5.75 Å². The number of benzene rings is 4. The molecule has 35 heavy (non-hydrogen) atoms. The first-order valence-electron chi connectivity index (χ1n) is 11.8. The van der Waals surface area contributed by atoms with Crippen LogP contribution < -0.4 is 9.64 Å². The summed E-state index contributed by atoms with van der Waals surface area (Å²) in [7, 11) is 0. The van der Waals surface area contributed by atoms with E-state index in [0.29, 0.717) is 25.3 Å². The van der Waals surface area contributed by atoms with Crippen molar-refractivity contribution in [1.29, 1.82) is 0 Å². The molecule has 0 aliphatic rings. The fourth-order valence-electron chi connectivity index (χ4n) is 4.10. The SMILES string of the molecule is CC(=O)N(CCc1ccc2ccccc2c1)c1ccccc1OCc1ccc(CCC(=O)O)cc1. The molecule has 1 amide bonds. The van der Waals surface area contributed by atoms with E-state index in [4.69, 9.17) is 9.84 Å². The lowest BCUT2D eigenvalue weighted by atomic mass is 10.0. The van der Waals surface area contributed by atoms with Crippen molar-refractivity contribution in [1.82, 2.24) is 0 Å². The number of carboxylic acids is 1. The number of rotatable bonds is 10. The zero-order valence-electron chi connectivity index (χ0n) is 19.8. The van der Waals surface area contributed by atoms with Gasteiger partial charge < -0.3 is 14.7 Å². The molecule has 0 spiro atoms. The molecule has 0 saturated heterocycles. The fourth-order valence-corrected chi connectivity index (χ4v) is 4.10. The summed E-state index contributed by atoms with van der Waals surface area (Å²) in [6.07, 6.45) is 1.35. The van der Waals surface area contributed by atoms with Crippen LogP contribution in [0.1, 0.15) is 30.0 Å². The summed E-state index contributed by atoms with van der Waals surface area (Å²) in [6, 6.07) is 30.0. The zero-order valence-corrected chi connectivity index (χ0v) is 19.8. The van der Waals surface area contributed by atoms with Gasteiger partial charge >= 0.3 is 5.97 Å². The van der Waals surface area contributed by atoms with Crippen LogP contribution in [0.2, 0.25) is 0 Å². The Morgan fingerprint density at radius 2 is 1.43 bits per heavy atom. The molecule has 0 radical (unpaired) electrons. The Balaban J connectivity index is 1.44. The fraction of sp³-hybridized carbons (Fsp3) is 0.200. The lowest BCUT2D eigenvalue weighted by molar-refractivity contribution is -0.137. The van der Waals surface area contributed by atoms with E-state index in [9.17, 15) is 9.59 Å². The molecule has 5 nitrogen and oxygen atoms in total. The third-order valence-corrected chi connectivity index (χ3v) is 6.02. The lowest BCUT2D eigenvalue weighted by Crippen LogP contribution is -2.31. The smallest absolute Gasteiger partial charge is 0.303 e. The second-order valence-corrected chi connectivity index (χ2v) is 8.57. The van der Waals surface area contributed by atoms with E-state index in [1.165, 1.54) is 16.3 Å². The Morgan fingerprint density at radius 3 is 2.17 bits per heavy atom. The topological polar surface area (TPSA) is 66.8 Å². The molecule has 4 aromatic carbocycles. The molecular weight excluding hydrogens is 438 g/mol. The summed E-state index contributed by atoms with van der Waals surface area (Å²) in [6.45, 7) is 2.48. The van der Waals surface area contributed by atoms with Crippen molar-refractivity contribution in [3.63, 3.8) is 0 Å². The van der Waals surface area contributed by atoms with Gasteiger partial charge in [0.1, 0.15) is 12.4 Å². The maximum absolute atomic E-state index is 12.6. The molecule has 178 valence electrons. The van der Waals surface area contributed by atoms with Crippen molar-refractivity contribution < 1.29 is 19.4 Å². The van der Waals surface area contributed by atoms with Gasteiger partial charge in [0, 0.05) is 19.9 Å². The second-order valence-electron chi connectivity index (χ2n) is 8.57. The predicted molar refractivity (Wildman–Crippen MR) is 139 cm³/mol. The number of carbonyl (C=O) groups excluding carboxylic acids is 1. The van der Waals surface area contributed by atoms with Gasteiger partial charge in [-0.15, -0.1) is 0 Å². The molecule has 0 bridgehead atoms. The predicted octanol–water partition coefficient (Wildman–Crippen LogP) is 6.03. The third kappa shape index (κ3) is 6.48. The first-order valence-corrected chi connectivity index (χ1v) is 11.8. The summed E-state index contributed by atoms with van der Waals surface area (Å²) < 4.78 is 6.11. The highest BCUT2D eigenvalue weighted by Crippen LogP contribution is 2.29. The minimum atomic E-state index is -0.801. The second kappa shape index (κ2) is 11.3. The Labute approximate surface area is 205 Å². The van der Waals surface area contributed by atoms with E-state index in [1.54, 1.807) is 11.8 Å². The Hall–Kier alpha value is -4.12. The molecule has 0 heterocycles. The van der Waals surface area contributed by atoms with Gasteiger partial charge in [0.2, 0.25) is 5.91 Å². The number of carboxylic acid groups (broad SMARTS) is 1. The van der Waals surface area contributed by atoms with Gasteiger partial charge in [-0.2, -0.15) is 0 Å². The number of nitrogens with zero attached hydrogens (tertiary/aromatic N) is 1. The van der Waals surface area contributed by atoms with Crippen molar-refractivity contribution in [2.45, 2.75) is 32.8 Å². The number of aryl methyl sites for hydroxylation is 1. The molecule has 0 aliphatic heterocycles. The highest BCUT2D eigenvalue weighted by atomic mass is 16.5. The van der Waals surface area contributed by atoms with E-state index in [0.717, 1.165) is 23.2 Å². The van der Waals surface area contributed by atoms with Crippen LogP contribution in [0.4, 0.5) is 5.69 Å². The molecule has 4 rings (SSSR count). The molecule has 0 aromatic heterocycles. The number of ether oxygens (including phenoxy) is 1. The van der Waals surface area contributed by atoms with Gasteiger partial charge in [-0.3, -0.25) is 9.59 Å². The average Bonchev–Trinajstić information content (AvgIpc) is 2.87. The molecule has 1 N–H and O–H groups in total. The standard InChI is InChI=1S/C30H29NO4/c1-22(32)31(19-18-24-14-16-26-6-2-3-7-27(26)20-24)28-8-4-5-9-29(28)35-21-25-12-10-23(11-13-25)15-17-30(33)34/h2-14,16,20H,15,17-19,21H2,1H3,(H,33,34). The minimum Gasteiger partial charge on any atom is -0.487 e. The van der Waals surface area contributed by atoms with Crippen molar-refractivity contribution in [3.05, 3.63) is 108 Å². The first kappa shape index (κ1) is 24.0. The number of carbonyl (C=O) groups is 2. The number of para-hydroxylation sites is 2. The lowest BCUT2D eigenvalue weighted by Gasteiger charge is -2.24. The van der Waals surface area contributed by atoms with Gasteiger partial charge in [-0.25, -0.2) is 0 Å². The van der Waals surface area contributed by atoms with Crippen molar-refractivity contribution in [3.8, 4) is 5.75 Å². The van der Waals surface area contributed by atoms with Gasteiger partial charge in [0.05, 0.1) is 5.69 Å². The summed E-state index contributed by atoms with van der Waals surface area (Å²) in [5.74, 6) is -0.189. The summed E-state index contributed by atoms with van der Waals surface area (Å²) in [5.41, 5.74) is 3.88. The summed E-state index contributed by atoms with van der Waals surface area (Å²) in [5, 5.41) is 11.2. The van der Waals surface area contributed by atoms with Crippen molar-refractivity contribution in [2.75, 3.05) is 11.4 Å². The highest BCUT2D eigenvalue weighted by molar-refractivity contribution is 5.93. The van der Waals surface area contributed by atoms with Crippen molar-refractivity contribution in [2.24, 2.45) is 0 Å². The summed E-state index contributed by atoms with van der Waals surface area (Å²) in [4.78, 5) is 25.1. The van der Waals surface area contributed by atoms with E-state index >= 15 is 0 Å². The monoisotopic (exact) mass is 467 g/mol. The van der Waals surface area contributed by atoms with Crippen LogP contribution in [0.15, 0.2) is 91.0 Å². The normalized spacial score (nSPS) is 10.8. The first-order chi connectivity index (χ1) is 17.0. The van der Waals surface area contributed by atoms with Gasteiger partial charge in [0.15, 0.2) is 0 Å². The quantitative estimate of drug-likeness (QED) is 0.309. The van der Waals surface area contributed by atoms with Crippen LogP contribution in [-0.4, -0.2) is 23.5 Å². The maximum atomic E-state index is 12.6. The number of hydrogen-bond donors (Lipinski definition) is 1. The van der Waals surface area contributed by atoms with Crippen LogP contribution in [0, 0.1) is 0 Å². The Kier molecular flexibility index (Phi) is 7.78. The number of amides is 1. The molecule has 5 heteroatoms. The zero-order chi connectivity index (χ0) is 24.6. The number of hydrogen-bond acceptors (Lipinski definition) is 3. The molecular formula is C30H29NO4. The largest absolute Gasteiger partial charge is 0.487 e. The Morgan fingerprint density at radius 1 is 0.771 bits per heavy atom. The van der Waals surface area contributed by atoms with Gasteiger partial charge in [-0.1, -0.05) is 78.9 Å². The number of fused-ring (bicyclic) bond motifs is 1. The highest BCUT2D eigenvalue weighted by Gasteiger charge is 2.16. The maximum Gasteiger partial charge on any atom is 0.303 e. The van der Waals surface area contributed by atoms with Crippen LogP contribution in [0.25, 0.3) is 10.8 Å². The molecule has 0 saturated carbocycles. The van der Waals surface area contributed by atoms with Gasteiger partial charge in [0.25, 0.3) is 0 Å². The number of anilines is 1. The van der Waals surface area contributed by atoms with Crippen LogP contribution in [-0.2, 0) is 29.0 Å². The third-order valence-electron chi connectivity index (χ3n) is 6.02. The summed E-state index contributed by atoms with van der Waals surface area (Å²) >= 11 is 0. The van der Waals surface area contributed by atoms with Crippen LogP contribution >= 0.6 is 0 Å². The average molecular weight is 468 g/mol. The molecule has 0 unspecified atom stereocenters. The van der Waals surface area contributed by atoms with Crippen molar-refractivity contribution >= 4 is 28.3 Å². The molecule has 4 aromatic rings. The minimum absolute atomic E-state index is 0.0374. The Bertz CT molecular complexity index is 1310. The van der Waals surface area contributed by atoms with E-state index in [-0.39, 0.29) is 12.3 Å². The molecule has 0 fully saturated rings. The van der Waals surface area contributed by atoms with E-state index in [2.05, 4.69) is 30.3 Å². The van der Waals surface area contributed by atoms with E-state index < -0.39 is 5.97 Å².